The molecule has 0 radical (unpaired) electrons. The minimum atomic E-state index is -0.918. The molecule has 1 saturated carbocycles. The zero-order chi connectivity index (χ0) is 23.9. The summed E-state index contributed by atoms with van der Waals surface area (Å²) in [6, 6.07) is 14.5. The minimum Gasteiger partial charge on any atom is -0.454 e. The Hall–Kier alpha value is -3.33. The molecule has 176 valence electrons. The second-order valence-corrected chi connectivity index (χ2v) is 10.1. The van der Waals surface area contributed by atoms with E-state index in [1.54, 1.807) is 16.7 Å². The van der Waals surface area contributed by atoms with E-state index in [0.29, 0.717) is 18.8 Å². The number of benzene rings is 2. The van der Waals surface area contributed by atoms with Crippen LogP contribution in [0.4, 0.5) is 16.2 Å². The first-order valence-electron chi connectivity index (χ1n) is 11.4. The third kappa shape index (κ3) is 3.94. The smallest absolute Gasteiger partial charge is 0.326 e. The van der Waals surface area contributed by atoms with Gasteiger partial charge in [0.05, 0.1) is 11.4 Å². The van der Waals surface area contributed by atoms with Crippen LogP contribution in [-0.4, -0.2) is 47.4 Å². The molecular weight excluding hydrogens is 454 g/mol. The topological polar surface area (TPSA) is 96.0 Å². The molecule has 2 aromatic carbocycles. The van der Waals surface area contributed by atoms with Gasteiger partial charge in [-0.1, -0.05) is 43.0 Å². The Morgan fingerprint density at radius 3 is 2.24 bits per heavy atom. The Kier molecular flexibility index (Phi) is 5.81. The molecule has 2 aliphatic heterocycles. The summed E-state index contributed by atoms with van der Waals surface area (Å²) in [4.78, 5) is 55.4. The van der Waals surface area contributed by atoms with Crippen LogP contribution in [-0.2, 0) is 19.1 Å². The molecule has 1 spiro atoms. The molecule has 1 aliphatic carbocycles. The molecule has 1 N–H and O–H groups in total. The lowest BCUT2D eigenvalue weighted by molar-refractivity contribution is -0.150. The Morgan fingerprint density at radius 1 is 1.03 bits per heavy atom. The van der Waals surface area contributed by atoms with Crippen molar-refractivity contribution in [3.05, 3.63) is 48.5 Å². The quantitative estimate of drug-likeness (QED) is 0.529. The minimum absolute atomic E-state index is 0.386. The van der Waals surface area contributed by atoms with Crippen molar-refractivity contribution >= 4 is 47.0 Å². The lowest BCUT2D eigenvalue weighted by Crippen LogP contribution is -2.49. The van der Waals surface area contributed by atoms with E-state index in [0.717, 1.165) is 38.9 Å². The number of ether oxygens (including phenoxy) is 1. The highest BCUT2D eigenvalue weighted by atomic mass is 32.2. The van der Waals surface area contributed by atoms with E-state index in [1.807, 2.05) is 48.5 Å². The van der Waals surface area contributed by atoms with Gasteiger partial charge in [0.25, 0.3) is 11.8 Å². The summed E-state index contributed by atoms with van der Waals surface area (Å²) in [6.07, 6.45) is 2.81. The van der Waals surface area contributed by atoms with Gasteiger partial charge in [-0.3, -0.25) is 24.2 Å². The normalized spacial score (nSPS) is 23.4. The fourth-order valence-corrected chi connectivity index (χ4v) is 5.83. The third-order valence-corrected chi connectivity index (χ3v) is 7.83. The van der Waals surface area contributed by atoms with Crippen LogP contribution in [0, 0.1) is 5.92 Å². The Bertz CT molecular complexity index is 1130. The molecule has 0 aromatic heterocycles. The maximum atomic E-state index is 13.1. The van der Waals surface area contributed by atoms with Crippen molar-refractivity contribution in [1.29, 1.82) is 0 Å². The predicted molar refractivity (Wildman–Crippen MR) is 126 cm³/mol. The summed E-state index contributed by atoms with van der Waals surface area (Å²) in [7, 11) is 0. The summed E-state index contributed by atoms with van der Waals surface area (Å²) in [5.74, 6) is -1.10. The average Bonchev–Trinajstić information content (AvgIpc) is 3.07. The first-order chi connectivity index (χ1) is 16.4. The number of amides is 4. The maximum Gasteiger partial charge on any atom is 0.326 e. The predicted octanol–water partition coefficient (Wildman–Crippen LogP) is 3.86. The number of fused-ring (bicyclic) bond motifs is 2. The standard InChI is InChI=1S/C25H25N3O5S/c1-16-10-12-25(13-11-16)23(31)27(24(32)26-25)14-22(30)33-15-21(29)28-17-6-2-4-8-19(17)34-20-9-5-3-7-18(20)28/h2-9,16H,10-15H2,1H3,(H,26,32). The fraction of sp³-hybridized carbons (Fsp3) is 0.360. The van der Waals surface area contributed by atoms with E-state index < -0.39 is 36.6 Å². The molecule has 8 nitrogen and oxygen atoms in total. The van der Waals surface area contributed by atoms with Gasteiger partial charge in [0.1, 0.15) is 12.1 Å². The molecule has 2 fully saturated rings. The van der Waals surface area contributed by atoms with Crippen LogP contribution in [0.25, 0.3) is 0 Å². The molecule has 34 heavy (non-hydrogen) atoms. The van der Waals surface area contributed by atoms with Crippen LogP contribution in [0.15, 0.2) is 58.3 Å². The van der Waals surface area contributed by atoms with Crippen molar-refractivity contribution in [2.24, 2.45) is 5.92 Å². The maximum absolute atomic E-state index is 13.1. The Labute approximate surface area is 201 Å². The number of nitrogens with one attached hydrogen (secondary N) is 1. The van der Waals surface area contributed by atoms with Gasteiger partial charge in [0, 0.05) is 9.79 Å². The summed E-state index contributed by atoms with van der Waals surface area (Å²) >= 11 is 1.57. The van der Waals surface area contributed by atoms with Crippen molar-refractivity contribution < 1.29 is 23.9 Å². The van der Waals surface area contributed by atoms with Crippen molar-refractivity contribution in [3.63, 3.8) is 0 Å². The number of urea groups is 1. The van der Waals surface area contributed by atoms with E-state index >= 15 is 0 Å². The summed E-state index contributed by atoms with van der Waals surface area (Å²) < 4.78 is 5.23. The van der Waals surface area contributed by atoms with Gasteiger partial charge in [-0.15, -0.1) is 0 Å². The van der Waals surface area contributed by atoms with E-state index in [-0.39, 0.29) is 5.91 Å². The number of esters is 1. The van der Waals surface area contributed by atoms with E-state index in [1.165, 1.54) is 0 Å². The van der Waals surface area contributed by atoms with Crippen LogP contribution in [0.5, 0.6) is 0 Å². The number of imide groups is 1. The first kappa shape index (κ1) is 22.5. The van der Waals surface area contributed by atoms with Crippen LogP contribution < -0.4 is 10.2 Å². The number of para-hydroxylation sites is 2. The molecule has 9 heteroatoms. The highest BCUT2D eigenvalue weighted by Gasteiger charge is 2.52. The number of anilines is 2. The molecule has 0 atom stereocenters. The van der Waals surface area contributed by atoms with Gasteiger partial charge in [0.15, 0.2) is 6.61 Å². The van der Waals surface area contributed by atoms with Gasteiger partial charge in [0.2, 0.25) is 0 Å². The number of nitrogens with zero attached hydrogens (tertiary/aromatic N) is 2. The van der Waals surface area contributed by atoms with E-state index in [4.69, 9.17) is 4.74 Å². The highest BCUT2D eigenvalue weighted by Crippen LogP contribution is 2.47. The average molecular weight is 480 g/mol. The lowest BCUT2D eigenvalue weighted by atomic mass is 9.77. The monoisotopic (exact) mass is 479 g/mol. The molecule has 5 rings (SSSR count). The van der Waals surface area contributed by atoms with Gasteiger partial charge >= 0.3 is 12.0 Å². The SMILES string of the molecule is CC1CCC2(CC1)NC(=O)N(CC(=O)OCC(=O)N1c3ccccc3Sc3ccccc31)C2=O. The molecular formula is C25H25N3O5S. The van der Waals surface area contributed by atoms with Crippen LogP contribution >= 0.6 is 11.8 Å². The second kappa shape index (κ2) is 8.79. The number of rotatable bonds is 4. The lowest BCUT2D eigenvalue weighted by Gasteiger charge is -2.33. The number of carbonyl (C=O) groups excluding carboxylic acids is 4. The van der Waals surface area contributed by atoms with Crippen LogP contribution in [0.3, 0.4) is 0 Å². The molecule has 0 bridgehead atoms. The number of carbonyl (C=O) groups is 4. The van der Waals surface area contributed by atoms with Gasteiger partial charge in [-0.05, 0) is 55.9 Å². The van der Waals surface area contributed by atoms with Crippen molar-refractivity contribution in [3.8, 4) is 0 Å². The van der Waals surface area contributed by atoms with Gasteiger partial charge < -0.3 is 10.1 Å². The molecule has 0 unspecified atom stereocenters. The summed E-state index contributed by atoms with van der Waals surface area (Å²) in [5.41, 5.74) is 0.517. The molecule has 4 amide bonds. The zero-order valence-electron chi connectivity index (χ0n) is 18.8. The number of hydrogen-bond acceptors (Lipinski definition) is 6. The van der Waals surface area contributed by atoms with Crippen molar-refractivity contribution in [1.82, 2.24) is 10.2 Å². The second-order valence-electron chi connectivity index (χ2n) is 9.01. The molecule has 3 aliphatic rings. The molecule has 2 aromatic rings. The Balaban J connectivity index is 1.25. The van der Waals surface area contributed by atoms with E-state index in [2.05, 4.69) is 12.2 Å². The summed E-state index contributed by atoms with van der Waals surface area (Å²) in [6.45, 7) is 1.11. The van der Waals surface area contributed by atoms with Crippen molar-refractivity contribution in [2.45, 2.75) is 47.9 Å². The Morgan fingerprint density at radius 2 is 1.62 bits per heavy atom. The fourth-order valence-electron chi connectivity index (χ4n) is 4.77. The first-order valence-corrected chi connectivity index (χ1v) is 12.2. The summed E-state index contributed by atoms with van der Waals surface area (Å²) in [5, 5.41) is 2.79. The third-order valence-electron chi connectivity index (χ3n) is 6.70. The molecule has 1 saturated heterocycles. The van der Waals surface area contributed by atoms with Crippen LogP contribution in [0.2, 0.25) is 0 Å². The zero-order valence-corrected chi connectivity index (χ0v) is 19.6. The van der Waals surface area contributed by atoms with Gasteiger partial charge in [-0.2, -0.15) is 0 Å². The number of hydrogen-bond donors (Lipinski definition) is 1. The van der Waals surface area contributed by atoms with Crippen molar-refractivity contribution in [2.75, 3.05) is 18.1 Å². The highest BCUT2D eigenvalue weighted by molar-refractivity contribution is 7.99. The van der Waals surface area contributed by atoms with E-state index in [9.17, 15) is 19.2 Å². The van der Waals surface area contributed by atoms with Crippen LogP contribution in [0.1, 0.15) is 32.6 Å². The molecule has 2 heterocycles. The van der Waals surface area contributed by atoms with Gasteiger partial charge in [-0.25, -0.2) is 4.79 Å². The largest absolute Gasteiger partial charge is 0.454 e.